The minimum Gasteiger partial charge on any atom is -0.482 e. The molecule has 3 rings (SSSR count). The summed E-state index contributed by atoms with van der Waals surface area (Å²) < 4.78 is 36.9. The van der Waals surface area contributed by atoms with Crippen LogP contribution in [0.3, 0.4) is 0 Å². The lowest BCUT2D eigenvalue weighted by atomic mass is 10.0. The van der Waals surface area contributed by atoms with Gasteiger partial charge >= 0.3 is 6.11 Å². The Morgan fingerprint density at radius 1 is 0.921 bits per heavy atom. The van der Waals surface area contributed by atoms with Crippen LogP contribution in [0.5, 0.6) is 11.5 Å². The van der Waals surface area contributed by atoms with Crippen LogP contribution in [0.4, 0.5) is 14.7 Å². The Hall–Kier alpha value is -3.30. The van der Waals surface area contributed by atoms with Gasteiger partial charge in [0.15, 0.2) is 11.9 Å². The number of ether oxygens (including phenoxy) is 2. The summed E-state index contributed by atoms with van der Waals surface area (Å²) in [6.45, 7) is 11.0. The molecule has 206 valence electrons. The van der Waals surface area contributed by atoms with Gasteiger partial charge in [-0.25, -0.2) is 9.97 Å². The summed E-state index contributed by atoms with van der Waals surface area (Å²) >= 11 is 0. The second-order valence-corrected chi connectivity index (χ2v) is 10.1. The van der Waals surface area contributed by atoms with Crippen LogP contribution < -0.4 is 14.4 Å². The van der Waals surface area contributed by atoms with Crippen molar-refractivity contribution in [3.63, 3.8) is 0 Å². The Bertz CT molecular complexity index is 1190. The number of nitrogens with zero attached hydrogens (tertiary/aromatic N) is 3. The third kappa shape index (κ3) is 8.10. The third-order valence-electron chi connectivity index (χ3n) is 6.26. The average molecular weight is 530 g/mol. The highest BCUT2D eigenvalue weighted by molar-refractivity contribution is 5.43. The highest BCUT2D eigenvalue weighted by Gasteiger charge is 2.29. The van der Waals surface area contributed by atoms with Crippen molar-refractivity contribution in [2.45, 2.75) is 78.9 Å². The van der Waals surface area contributed by atoms with Crippen molar-refractivity contribution in [1.29, 1.82) is 0 Å². The molecule has 7 nitrogen and oxygen atoms in total. The molecule has 2 N–H and O–H groups in total. The van der Waals surface area contributed by atoms with Gasteiger partial charge in [0.1, 0.15) is 11.5 Å². The molecule has 9 heteroatoms. The van der Waals surface area contributed by atoms with Crippen molar-refractivity contribution in [3.8, 4) is 11.5 Å². The molecule has 1 aromatic heterocycles. The monoisotopic (exact) mass is 529 g/mol. The van der Waals surface area contributed by atoms with Gasteiger partial charge in [0.05, 0.1) is 0 Å². The van der Waals surface area contributed by atoms with E-state index in [-0.39, 0.29) is 5.75 Å². The smallest absolute Gasteiger partial charge is 0.394 e. The maximum absolute atomic E-state index is 13.2. The normalized spacial score (nSPS) is 12.1. The van der Waals surface area contributed by atoms with Crippen LogP contribution in [0.1, 0.15) is 55.5 Å². The molecule has 0 atom stereocenters. The Balaban J connectivity index is 1.80. The van der Waals surface area contributed by atoms with Crippen LogP contribution >= 0.6 is 0 Å². The number of hydrogen-bond donors (Lipinski definition) is 2. The van der Waals surface area contributed by atoms with E-state index in [9.17, 15) is 19.0 Å². The summed E-state index contributed by atoms with van der Waals surface area (Å²) in [7, 11) is 0. The molecule has 0 radical (unpaired) electrons. The Labute approximate surface area is 223 Å². The fourth-order valence-electron chi connectivity index (χ4n) is 3.85. The first-order chi connectivity index (χ1) is 17.8. The molecule has 0 saturated carbocycles. The predicted molar refractivity (Wildman–Crippen MR) is 143 cm³/mol. The predicted octanol–water partition coefficient (Wildman–Crippen LogP) is 5.36. The van der Waals surface area contributed by atoms with Crippen molar-refractivity contribution in [2.24, 2.45) is 0 Å². The minimum atomic E-state index is -3.24. The lowest BCUT2D eigenvalue weighted by molar-refractivity contribution is -0.158. The number of anilines is 1. The molecule has 3 aromatic rings. The lowest BCUT2D eigenvalue weighted by Crippen LogP contribution is -2.41. The fraction of sp³-hybridized carbons (Fsp3) is 0.448. The average Bonchev–Trinajstić information content (AvgIpc) is 2.84. The summed E-state index contributed by atoms with van der Waals surface area (Å²) in [5, 5.41) is 19.2. The van der Waals surface area contributed by atoms with Crippen molar-refractivity contribution in [3.05, 3.63) is 76.6 Å². The van der Waals surface area contributed by atoms with E-state index in [1.54, 1.807) is 26.0 Å². The summed E-state index contributed by atoms with van der Waals surface area (Å²) in [5.74, 6) is 1.27. The highest BCUT2D eigenvalue weighted by atomic mass is 19.3. The van der Waals surface area contributed by atoms with E-state index in [4.69, 9.17) is 4.74 Å². The number of aliphatic hydroxyl groups is 2. The number of aliphatic hydroxyl groups excluding tert-OH is 1. The molecule has 0 amide bonds. The largest absolute Gasteiger partial charge is 0.482 e. The molecule has 0 aliphatic heterocycles. The number of hydrogen-bond acceptors (Lipinski definition) is 7. The number of benzene rings is 2. The molecule has 0 unspecified atom stereocenters. The van der Waals surface area contributed by atoms with Crippen LogP contribution in [-0.2, 0) is 19.4 Å². The van der Waals surface area contributed by atoms with Gasteiger partial charge in [0.25, 0.3) is 0 Å². The molecule has 0 fully saturated rings. The van der Waals surface area contributed by atoms with Gasteiger partial charge in [0.2, 0.25) is 5.95 Å². The van der Waals surface area contributed by atoms with Gasteiger partial charge in [0, 0.05) is 32.4 Å². The van der Waals surface area contributed by atoms with Crippen LogP contribution in [0.2, 0.25) is 0 Å². The maximum atomic E-state index is 13.2. The number of halogens is 2. The van der Waals surface area contributed by atoms with Crippen LogP contribution in [0, 0.1) is 13.8 Å². The summed E-state index contributed by atoms with van der Waals surface area (Å²) in [6.07, 6.45) is 0.297. The SMILES string of the molecule is CCc1cnc(N(CCc2cc(C)c(OC(C)(C)C(O)O)cc2C)Cc2ccc(OC(C)(F)F)cc2)nc1. The van der Waals surface area contributed by atoms with Gasteiger partial charge in [-0.3, -0.25) is 0 Å². The second kappa shape index (κ2) is 12.0. The number of alkyl halides is 2. The van der Waals surface area contributed by atoms with Gasteiger partial charge < -0.3 is 24.6 Å². The third-order valence-corrected chi connectivity index (χ3v) is 6.26. The first kappa shape index (κ1) is 29.3. The summed E-state index contributed by atoms with van der Waals surface area (Å²) in [5.41, 5.74) is 3.80. The first-order valence-electron chi connectivity index (χ1n) is 12.6. The lowest BCUT2D eigenvalue weighted by Gasteiger charge is -2.29. The Morgan fingerprint density at radius 2 is 1.55 bits per heavy atom. The molecule has 0 spiro atoms. The van der Waals surface area contributed by atoms with Crippen LogP contribution in [0.25, 0.3) is 0 Å². The zero-order valence-corrected chi connectivity index (χ0v) is 22.8. The molecular weight excluding hydrogens is 492 g/mol. The van der Waals surface area contributed by atoms with Gasteiger partial charge in [-0.05, 0) is 86.6 Å². The molecule has 0 saturated heterocycles. The van der Waals surface area contributed by atoms with E-state index < -0.39 is 18.0 Å². The fourth-order valence-corrected chi connectivity index (χ4v) is 3.85. The van der Waals surface area contributed by atoms with Crippen molar-refractivity contribution < 1.29 is 28.5 Å². The zero-order chi connectivity index (χ0) is 28.1. The minimum absolute atomic E-state index is 0.0988. The van der Waals surface area contributed by atoms with E-state index in [2.05, 4.69) is 14.7 Å². The van der Waals surface area contributed by atoms with Crippen LogP contribution in [0.15, 0.2) is 48.8 Å². The Kier molecular flexibility index (Phi) is 9.27. The van der Waals surface area contributed by atoms with Gasteiger partial charge in [-0.1, -0.05) is 25.1 Å². The molecule has 0 aliphatic carbocycles. The van der Waals surface area contributed by atoms with E-state index in [0.29, 0.717) is 38.1 Å². The van der Waals surface area contributed by atoms with Crippen molar-refractivity contribution >= 4 is 5.95 Å². The molecular formula is C29H37F2N3O4. The van der Waals surface area contributed by atoms with Crippen molar-refractivity contribution in [1.82, 2.24) is 9.97 Å². The van der Waals surface area contributed by atoms with E-state index in [0.717, 1.165) is 34.2 Å². The highest BCUT2D eigenvalue weighted by Crippen LogP contribution is 2.28. The zero-order valence-electron chi connectivity index (χ0n) is 22.8. The van der Waals surface area contributed by atoms with Gasteiger partial charge in [-0.2, -0.15) is 8.78 Å². The molecule has 0 aliphatic rings. The topological polar surface area (TPSA) is 87.9 Å². The molecule has 1 heterocycles. The summed E-state index contributed by atoms with van der Waals surface area (Å²) in [4.78, 5) is 11.2. The quantitative estimate of drug-likeness (QED) is 0.305. The van der Waals surface area contributed by atoms with Crippen molar-refractivity contribution in [2.75, 3.05) is 11.4 Å². The van der Waals surface area contributed by atoms with Crippen LogP contribution in [-0.4, -0.2) is 44.7 Å². The van der Waals surface area contributed by atoms with E-state index in [1.807, 2.05) is 50.2 Å². The molecule has 38 heavy (non-hydrogen) atoms. The molecule has 2 aromatic carbocycles. The summed E-state index contributed by atoms with van der Waals surface area (Å²) in [6, 6.07) is 10.5. The standard InChI is InChI=1S/C29H37F2N3O4/c1-7-21-16-32-27(33-17-21)34(18-22-8-10-24(11-9-22)37-29(6,30)31)13-12-23-14-20(3)25(15-19(23)2)38-28(4,5)26(35)36/h8-11,14-17,26,35-36H,7,12-13,18H2,1-6H3. The number of aromatic nitrogens is 2. The maximum Gasteiger partial charge on any atom is 0.394 e. The number of rotatable bonds is 12. The first-order valence-corrected chi connectivity index (χ1v) is 12.6. The second-order valence-electron chi connectivity index (χ2n) is 10.1. The van der Waals surface area contributed by atoms with E-state index >= 15 is 0 Å². The Morgan fingerprint density at radius 3 is 2.11 bits per heavy atom. The molecule has 0 bridgehead atoms. The van der Waals surface area contributed by atoms with Gasteiger partial charge in [-0.15, -0.1) is 0 Å². The van der Waals surface area contributed by atoms with E-state index in [1.165, 1.54) is 12.1 Å². The number of aryl methyl sites for hydroxylation is 3.